The van der Waals surface area contributed by atoms with E-state index < -0.39 is 0 Å². The first-order chi connectivity index (χ1) is 10.1. The van der Waals surface area contributed by atoms with E-state index in [1.165, 1.54) is 11.1 Å². The highest BCUT2D eigenvalue weighted by Crippen LogP contribution is 2.41. The van der Waals surface area contributed by atoms with Gasteiger partial charge in [0.05, 0.1) is 23.1 Å². The molecule has 0 aliphatic heterocycles. The number of hydrogen-bond acceptors (Lipinski definition) is 3. The molecule has 1 heterocycles. The second-order valence-corrected chi connectivity index (χ2v) is 5.80. The Balaban J connectivity index is 2.01. The van der Waals surface area contributed by atoms with Gasteiger partial charge >= 0.3 is 0 Å². The number of para-hydroxylation sites is 1. The summed E-state index contributed by atoms with van der Waals surface area (Å²) in [6.07, 6.45) is 3.61. The number of nitrogens with one attached hydrogen (secondary N) is 2. The number of anilines is 1. The highest BCUT2D eigenvalue weighted by Gasteiger charge is 2.33. The summed E-state index contributed by atoms with van der Waals surface area (Å²) in [7, 11) is 0. The molecule has 1 saturated carbocycles. The summed E-state index contributed by atoms with van der Waals surface area (Å²) in [4.78, 5) is 14.0. The van der Waals surface area contributed by atoms with Crippen molar-refractivity contribution in [2.45, 2.75) is 18.8 Å². The van der Waals surface area contributed by atoms with Crippen LogP contribution in [-0.4, -0.2) is 22.1 Å². The molecule has 0 atom stereocenters. The van der Waals surface area contributed by atoms with Gasteiger partial charge in [0.1, 0.15) is 0 Å². The van der Waals surface area contributed by atoms with Gasteiger partial charge in [0.2, 0.25) is 0 Å². The third-order valence-corrected chi connectivity index (χ3v) is 4.09. The van der Waals surface area contributed by atoms with Crippen molar-refractivity contribution in [1.82, 2.24) is 10.2 Å². The Labute approximate surface area is 130 Å². The van der Waals surface area contributed by atoms with Gasteiger partial charge in [0.15, 0.2) is 5.96 Å². The van der Waals surface area contributed by atoms with E-state index >= 15 is 0 Å². The number of halogens is 1. The van der Waals surface area contributed by atoms with Gasteiger partial charge in [-0.2, -0.15) is 5.10 Å². The zero-order valence-corrected chi connectivity index (χ0v) is 12.7. The number of rotatable bonds is 3. The summed E-state index contributed by atoms with van der Waals surface area (Å²) in [5.74, 6) is -0.306. The van der Waals surface area contributed by atoms with Crippen LogP contribution in [0.3, 0.4) is 0 Å². The number of aromatic nitrogens is 2. The minimum absolute atomic E-state index is 0.324. The van der Waals surface area contributed by atoms with E-state index in [9.17, 15) is 4.79 Å². The van der Waals surface area contributed by atoms with Crippen molar-refractivity contribution < 1.29 is 4.79 Å². The molecule has 108 valence electrons. The monoisotopic (exact) mass is 347 g/mol. The van der Waals surface area contributed by atoms with Crippen molar-refractivity contribution in [2.24, 2.45) is 5.73 Å². The number of carbonyl (C=O) groups is 1. The van der Waals surface area contributed by atoms with E-state index in [2.05, 4.69) is 26.1 Å². The summed E-state index contributed by atoms with van der Waals surface area (Å²) < 4.78 is 0.699. The fraction of sp³-hybridized carbons (Fsp3) is 0.214. The largest absolute Gasteiger partial charge is 0.369 e. The highest BCUT2D eigenvalue weighted by molar-refractivity contribution is 9.10. The van der Waals surface area contributed by atoms with Crippen LogP contribution in [-0.2, 0) is 0 Å². The van der Waals surface area contributed by atoms with Crippen LogP contribution >= 0.6 is 15.9 Å². The Morgan fingerprint density at radius 2 is 2.14 bits per heavy atom. The van der Waals surface area contributed by atoms with Crippen LogP contribution in [0.25, 0.3) is 0 Å². The maximum absolute atomic E-state index is 12.8. The molecule has 1 aromatic heterocycles. The van der Waals surface area contributed by atoms with Crippen LogP contribution in [0.1, 0.15) is 34.8 Å². The number of nitrogens with two attached hydrogens (primary N) is 1. The molecule has 4 N–H and O–H groups in total. The number of aromatic amines is 1. The molecule has 2 aromatic rings. The first-order valence-corrected chi connectivity index (χ1v) is 7.35. The van der Waals surface area contributed by atoms with Gasteiger partial charge in [-0.15, -0.1) is 0 Å². The molecule has 1 aliphatic rings. The molecule has 1 aromatic carbocycles. The van der Waals surface area contributed by atoms with E-state index in [1.54, 1.807) is 18.2 Å². The lowest BCUT2D eigenvalue weighted by Gasteiger charge is -2.21. The molecule has 6 nitrogen and oxygen atoms in total. The van der Waals surface area contributed by atoms with Crippen molar-refractivity contribution in [1.29, 1.82) is 5.41 Å². The molecule has 1 amide bonds. The zero-order chi connectivity index (χ0) is 15.0. The fourth-order valence-electron chi connectivity index (χ4n) is 2.25. The molecule has 0 saturated heterocycles. The average molecular weight is 348 g/mol. The zero-order valence-electron chi connectivity index (χ0n) is 11.1. The van der Waals surface area contributed by atoms with Gasteiger partial charge in [0, 0.05) is 10.4 Å². The maximum Gasteiger partial charge on any atom is 0.268 e. The number of carbonyl (C=O) groups excluding carboxylic acids is 1. The number of benzene rings is 1. The molecule has 7 heteroatoms. The Morgan fingerprint density at radius 1 is 1.43 bits per heavy atom. The van der Waals surface area contributed by atoms with Crippen molar-refractivity contribution >= 4 is 33.5 Å². The van der Waals surface area contributed by atoms with Gasteiger partial charge in [-0.05, 0) is 40.9 Å². The molecule has 0 bridgehead atoms. The molecular weight excluding hydrogens is 334 g/mol. The lowest BCUT2D eigenvalue weighted by Crippen LogP contribution is -2.42. The minimum atomic E-state index is -0.343. The topological polar surface area (TPSA) is 98.9 Å². The van der Waals surface area contributed by atoms with E-state index in [4.69, 9.17) is 11.1 Å². The predicted molar refractivity (Wildman–Crippen MR) is 83.4 cm³/mol. The third-order valence-electron chi connectivity index (χ3n) is 3.42. The number of hydrogen-bond donors (Lipinski definition) is 3. The number of nitrogens with zero attached hydrogens (tertiary/aromatic N) is 2. The fourth-order valence-corrected chi connectivity index (χ4v) is 2.71. The number of amides is 1. The molecular formula is C14H14BrN5O. The normalized spacial score (nSPS) is 14.0. The Kier molecular flexibility index (Phi) is 3.50. The van der Waals surface area contributed by atoms with Crippen LogP contribution in [0.2, 0.25) is 0 Å². The van der Waals surface area contributed by atoms with E-state index in [0.29, 0.717) is 21.6 Å². The van der Waals surface area contributed by atoms with E-state index in [-0.39, 0.29) is 11.9 Å². The second-order valence-electron chi connectivity index (χ2n) is 4.95. The van der Waals surface area contributed by atoms with Gasteiger partial charge in [-0.1, -0.05) is 12.1 Å². The summed E-state index contributed by atoms with van der Waals surface area (Å²) >= 11 is 3.39. The summed E-state index contributed by atoms with van der Waals surface area (Å²) in [5, 5.41) is 14.6. The summed E-state index contributed by atoms with van der Waals surface area (Å²) in [6.45, 7) is 0. The van der Waals surface area contributed by atoms with Crippen LogP contribution in [0, 0.1) is 5.41 Å². The molecule has 0 unspecified atom stereocenters. The summed E-state index contributed by atoms with van der Waals surface area (Å²) in [5.41, 5.74) is 7.47. The first kappa shape index (κ1) is 13.8. The lowest BCUT2D eigenvalue weighted by molar-refractivity contribution is 0.100. The van der Waals surface area contributed by atoms with Gasteiger partial charge in [-0.3, -0.25) is 15.3 Å². The molecule has 3 rings (SSSR count). The molecule has 0 spiro atoms. The molecule has 21 heavy (non-hydrogen) atoms. The first-order valence-electron chi connectivity index (χ1n) is 6.56. The van der Waals surface area contributed by atoms with Crippen LogP contribution in [0.5, 0.6) is 0 Å². The van der Waals surface area contributed by atoms with E-state index in [0.717, 1.165) is 18.5 Å². The van der Waals surface area contributed by atoms with Crippen molar-refractivity contribution in [2.75, 3.05) is 4.90 Å². The van der Waals surface area contributed by atoms with Crippen LogP contribution < -0.4 is 10.6 Å². The quantitative estimate of drug-likeness (QED) is 0.587. The number of guanidine groups is 1. The lowest BCUT2D eigenvalue weighted by atomic mass is 10.1. The Hall–Kier alpha value is -2.15. The predicted octanol–water partition coefficient (Wildman–Crippen LogP) is 2.59. The molecule has 1 aliphatic carbocycles. The van der Waals surface area contributed by atoms with Crippen LogP contribution in [0.4, 0.5) is 5.69 Å². The van der Waals surface area contributed by atoms with Crippen LogP contribution in [0.15, 0.2) is 34.9 Å². The summed E-state index contributed by atoms with van der Waals surface area (Å²) in [6, 6.07) is 7.17. The van der Waals surface area contributed by atoms with Crippen molar-refractivity contribution in [3.05, 3.63) is 46.2 Å². The SMILES string of the molecule is N=C(N)N(C(=O)c1cn[nH]c1C1CC1)c1ccccc1Br. The Morgan fingerprint density at radius 3 is 2.76 bits per heavy atom. The van der Waals surface area contributed by atoms with Gasteiger partial charge in [0.25, 0.3) is 5.91 Å². The third kappa shape index (κ3) is 2.56. The minimum Gasteiger partial charge on any atom is -0.369 e. The highest BCUT2D eigenvalue weighted by atomic mass is 79.9. The smallest absolute Gasteiger partial charge is 0.268 e. The Bertz CT molecular complexity index is 707. The molecule has 1 fully saturated rings. The maximum atomic E-state index is 12.8. The standard InChI is InChI=1S/C14H14BrN5O/c15-10-3-1-2-4-11(10)20(14(16)17)13(21)9-7-18-19-12(9)8-5-6-8/h1-4,7-8H,5-6H2,(H3,16,17)(H,18,19). The molecule has 0 radical (unpaired) electrons. The van der Waals surface area contributed by atoms with Gasteiger partial charge < -0.3 is 5.73 Å². The average Bonchev–Trinajstić information content (AvgIpc) is 3.18. The van der Waals surface area contributed by atoms with E-state index in [1.807, 2.05) is 6.07 Å². The van der Waals surface area contributed by atoms with Crippen molar-refractivity contribution in [3.63, 3.8) is 0 Å². The number of H-pyrrole nitrogens is 1. The van der Waals surface area contributed by atoms with Gasteiger partial charge in [-0.25, -0.2) is 4.90 Å². The second kappa shape index (κ2) is 5.33. The van der Waals surface area contributed by atoms with Crippen molar-refractivity contribution in [3.8, 4) is 0 Å².